The molecule has 6 nitrogen and oxygen atoms in total. The van der Waals surface area contributed by atoms with Crippen LogP contribution in [0.15, 0.2) is 43.0 Å². The third-order valence-electron chi connectivity index (χ3n) is 4.13. The summed E-state index contributed by atoms with van der Waals surface area (Å²) < 4.78 is 6.55. The number of aliphatic carboxylic acids is 1. The number of aromatic nitrogens is 2. The highest BCUT2D eigenvalue weighted by Crippen LogP contribution is 2.47. The first-order valence-corrected chi connectivity index (χ1v) is 7.29. The zero-order valence-corrected chi connectivity index (χ0v) is 13.7. The standard InChI is InChI=1S/C17H22N2O4/c1-16(2,3)17(22,12-5-7-13(23-4)8-6-12)14(15(20)21)19-10-9-18-11-19/h5-11,14,22H,1-4H3,(H,20,21). The molecule has 1 heterocycles. The van der Waals surface area contributed by atoms with Gasteiger partial charge in [0.2, 0.25) is 0 Å². The van der Waals surface area contributed by atoms with Gasteiger partial charge in [0.05, 0.1) is 13.4 Å². The van der Waals surface area contributed by atoms with Crippen LogP contribution in [0.2, 0.25) is 0 Å². The summed E-state index contributed by atoms with van der Waals surface area (Å²) in [6.07, 6.45) is 4.44. The smallest absolute Gasteiger partial charge is 0.330 e. The molecule has 0 bridgehead atoms. The van der Waals surface area contributed by atoms with Crippen LogP contribution in [0, 0.1) is 5.41 Å². The Labute approximate surface area is 135 Å². The summed E-state index contributed by atoms with van der Waals surface area (Å²) in [6.45, 7) is 5.43. The van der Waals surface area contributed by atoms with Crippen LogP contribution in [-0.4, -0.2) is 32.8 Å². The van der Waals surface area contributed by atoms with Crippen LogP contribution < -0.4 is 4.74 Å². The zero-order valence-electron chi connectivity index (χ0n) is 13.7. The number of carboxylic acids is 1. The SMILES string of the molecule is COc1ccc(C(O)(C(C(=O)O)n2ccnc2)C(C)(C)C)cc1. The van der Waals surface area contributed by atoms with Crippen LogP contribution in [0.3, 0.4) is 0 Å². The molecule has 0 aliphatic heterocycles. The summed E-state index contributed by atoms with van der Waals surface area (Å²) in [5.74, 6) is -0.490. The van der Waals surface area contributed by atoms with Crippen molar-refractivity contribution in [1.82, 2.24) is 9.55 Å². The van der Waals surface area contributed by atoms with Gasteiger partial charge in [0.25, 0.3) is 0 Å². The van der Waals surface area contributed by atoms with Crippen LogP contribution in [0.1, 0.15) is 32.4 Å². The Bertz CT molecular complexity index is 659. The Kier molecular flexibility index (Phi) is 4.47. The number of benzene rings is 1. The van der Waals surface area contributed by atoms with Crippen LogP contribution >= 0.6 is 0 Å². The van der Waals surface area contributed by atoms with Gasteiger partial charge in [-0.05, 0) is 23.1 Å². The van der Waals surface area contributed by atoms with Gasteiger partial charge >= 0.3 is 5.97 Å². The largest absolute Gasteiger partial charge is 0.497 e. The maximum Gasteiger partial charge on any atom is 0.330 e. The molecule has 6 heteroatoms. The molecule has 0 saturated carbocycles. The number of ether oxygens (including phenoxy) is 1. The third-order valence-corrected chi connectivity index (χ3v) is 4.13. The fourth-order valence-electron chi connectivity index (χ4n) is 2.79. The molecule has 0 saturated heterocycles. The lowest BCUT2D eigenvalue weighted by atomic mass is 9.67. The predicted molar refractivity (Wildman–Crippen MR) is 85.2 cm³/mol. The molecule has 124 valence electrons. The Morgan fingerprint density at radius 1 is 1.26 bits per heavy atom. The lowest BCUT2D eigenvalue weighted by molar-refractivity contribution is -0.163. The van der Waals surface area contributed by atoms with E-state index in [4.69, 9.17) is 4.74 Å². The fraction of sp³-hybridized carbons (Fsp3) is 0.412. The Balaban J connectivity index is 2.64. The highest BCUT2D eigenvalue weighted by atomic mass is 16.5. The molecule has 0 fully saturated rings. The summed E-state index contributed by atoms with van der Waals surface area (Å²) in [5.41, 5.74) is -1.88. The Hall–Kier alpha value is -2.34. The van der Waals surface area contributed by atoms with E-state index in [0.717, 1.165) is 0 Å². The average Bonchev–Trinajstić information content (AvgIpc) is 2.99. The predicted octanol–water partition coefficient (Wildman–Crippen LogP) is 2.45. The fourth-order valence-corrected chi connectivity index (χ4v) is 2.79. The van der Waals surface area contributed by atoms with Gasteiger partial charge < -0.3 is 19.5 Å². The van der Waals surface area contributed by atoms with Crippen molar-refractivity contribution in [2.24, 2.45) is 5.41 Å². The van der Waals surface area contributed by atoms with Gasteiger partial charge in [-0.25, -0.2) is 9.78 Å². The van der Waals surface area contributed by atoms with Gasteiger partial charge in [-0.1, -0.05) is 32.9 Å². The minimum atomic E-state index is -1.65. The first kappa shape index (κ1) is 17.0. The first-order valence-electron chi connectivity index (χ1n) is 7.29. The van der Waals surface area contributed by atoms with Crippen molar-refractivity contribution in [1.29, 1.82) is 0 Å². The molecule has 23 heavy (non-hydrogen) atoms. The third kappa shape index (κ3) is 2.94. The molecule has 0 amide bonds. The van der Waals surface area contributed by atoms with Gasteiger partial charge in [0.15, 0.2) is 6.04 Å². The van der Waals surface area contributed by atoms with E-state index < -0.39 is 23.0 Å². The van der Waals surface area contributed by atoms with E-state index in [0.29, 0.717) is 11.3 Å². The highest BCUT2D eigenvalue weighted by molar-refractivity contribution is 5.74. The number of aliphatic hydroxyl groups is 1. The maximum absolute atomic E-state index is 12.0. The topological polar surface area (TPSA) is 84.6 Å². The van der Waals surface area contributed by atoms with Crippen molar-refractivity contribution in [2.75, 3.05) is 7.11 Å². The van der Waals surface area contributed by atoms with Gasteiger partial charge in [-0.3, -0.25) is 0 Å². The summed E-state index contributed by atoms with van der Waals surface area (Å²) in [4.78, 5) is 15.9. The molecule has 2 rings (SSSR count). The van der Waals surface area contributed by atoms with Gasteiger partial charge in [0, 0.05) is 12.4 Å². The van der Waals surface area contributed by atoms with Crippen molar-refractivity contribution < 1.29 is 19.7 Å². The van der Waals surface area contributed by atoms with Gasteiger partial charge in [0.1, 0.15) is 11.4 Å². The molecule has 0 radical (unpaired) electrons. The van der Waals surface area contributed by atoms with Crippen LogP contribution in [0.25, 0.3) is 0 Å². The number of nitrogens with zero attached hydrogens (tertiary/aromatic N) is 2. The van der Waals surface area contributed by atoms with Crippen molar-refractivity contribution in [3.8, 4) is 5.75 Å². The normalized spacial score (nSPS) is 15.7. The summed E-state index contributed by atoms with van der Waals surface area (Å²) in [6, 6.07) is 5.59. The van der Waals surface area contributed by atoms with E-state index in [9.17, 15) is 15.0 Å². The molecule has 2 atom stereocenters. The van der Waals surface area contributed by atoms with E-state index in [1.54, 1.807) is 37.6 Å². The van der Waals surface area contributed by atoms with Crippen LogP contribution in [0.4, 0.5) is 0 Å². The second-order valence-corrected chi connectivity index (χ2v) is 6.50. The van der Waals surface area contributed by atoms with E-state index in [-0.39, 0.29) is 0 Å². The molecule has 2 unspecified atom stereocenters. The quantitative estimate of drug-likeness (QED) is 0.884. The van der Waals surface area contributed by atoms with Gasteiger partial charge in [-0.2, -0.15) is 0 Å². The molecular weight excluding hydrogens is 296 g/mol. The van der Waals surface area contributed by atoms with Gasteiger partial charge in [-0.15, -0.1) is 0 Å². The highest BCUT2D eigenvalue weighted by Gasteiger charge is 2.52. The van der Waals surface area contributed by atoms with Crippen molar-refractivity contribution in [3.05, 3.63) is 48.5 Å². The van der Waals surface area contributed by atoms with E-state index in [1.165, 1.54) is 17.1 Å². The zero-order chi connectivity index (χ0) is 17.3. The van der Waals surface area contributed by atoms with E-state index in [2.05, 4.69) is 4.98 Å². The second kappa shape index (κ2) is 6.04. The molecule has 0 spiro atoms. The lowest BCUT2D eigenvalue weighted by Gasteiger charge is -2.44. The molecular formula is C17H22N2O4. The molecule has 0 aliphatic carbocycles. The number of rotatable bonds is 5. The Morgan fingerprint density at radius 2 is 1.87 bits per heavy atom. The maximum atomic E-state index is 12.0. The average molecular weight is 318 g/mol. The number of carboxylic acid groups (broad SMARTS) is 1. The summed E-state index contributed by atoms with van der Waals surface area (Å²) in [5, 5.41) is 21.3. The minimum absolute atomic E-state index is 0.506. The number of hydrogen-bond acceptors (Lipinski definition) is 4. The number of imidazole rings is 1. The van der Waals surface area contributed by atoms with E-state index >= 15 is 0 Å². The number of carbonyl (C=O) groups is 1. The number of methoxy groups -OCH3 is 1. The number of hydrogen-bond donors (Lipinski definition) is 2. The minimum Gasteiger partial charge on any atom is -0.497 e. The first-order chi connectivity index (χ1) is 10.7. The molecule has 1 aromatic carbocycles. The monoisotopic (exact) mass is 318 g/mol. The van der Waals surface area contributed by atoms with Crippen molar-refractivity contribution in [2.45, 2.75) is 32.4 Å². The molecule has 2 aromatic rings. The van der Waals surface area contributed by atoms with Crippen molar-refractivity contribution >= 4 is 5.97 Å². The summed E-state index contributed by atoms with van der Waals surface area (Å²) >= 11 is 0. The molecule has 2 N–H and O–H groups in total. The molecule has 1 aromatic heterocycles. The molecule has 0 aliphatic rings. The van der Waals surface area contributed by atoms with Crippen molar-refractivity contribution in [3.63, 3.8) is 0 Å². The van der Waals surface area contributed by atoms with E-state index in [1.807, 2.05) is 20.8 Å². The lowest BCUT2D eigenvalue weighted by Crippen LogP contribution is -2.50. The summed E-state index contributed by atoms with van der Waals surface area (Å²) in [7, 11) is 1.55. The van der Waals surface area contributed by atoms with Crippen LogP contribution in [0.5, 0.6) is 5.75 Å². The Morgan fingerprint density at radius 3 is 2.26 bits per heavy atom. The van der Waals surface area contributed by atoms with Crippen LogP contribution in [-0.2, 0) is 10.4 Å². The second-order valence-electron chi connectivity index (χ2n) is 6.50.